The number of fused-ring (bicyclic) bond motifs is 3. The summed E-state index contributed by atoms with van der Waals surface area (Å²) in [5.74, 6) is 1.91. The van der Waals surface area contributed by atoms with Crippen LogP contribution >= 0.6 is 15.9 Å². The van der Waals surface area contributed by atoms with Crippen LogP contribution in [0.15, 0.2) is 65.1 Å². The molecule has 0 fully saturated rings. The molecule has 1 N–H and O–H groups in total. The molecular weight excluding hydrogens is 689 g/mol. The minimum absolute atomic E-state index is 0.0268. The number of carbonyl (C=O) groups is 2. The van der Waals surface area contributed by atoms with Crippen molar-refractivity contribution in [3.05, 3.63) is 87.5 Å². The number of nitrogens with zero attached hydrogens (tertiary/aromatic N) is 1. The molecule has 246 valence electrons. The summed E-state index contributed by atoms with van der Waals surface area (Å²) in [5, 5.41) is 0.791. The van der Waals surface area contributed by atoms with E-state index >= 15 is 0 Å². The Hall–Kier alpha value is -4.01. The van der Waals surface area contributed by atoms with Crippen LogP contribution in [-0.4, -0.2) is 48.6 Å². The SMILES string of the molecule is COC(=O)C1Cc2c([nH]c3ccc(Br)cc23)C(c2ccc(-c3ccc(OC(C)(C)C)cc3)c(C(F)(F)F)c2)N1C(=O)C#C[Si](C)(C)C. The van der Waals surface area contributed by atoms with Gasteiger partial charge in [-0.05, 0) is 85.3 Å². The zero-order chi connectivity index (χ0) is 34.5. The molecule has 11 heteroatoms. The second-order valence-corrected chi connectivity index (χ2v) is 19.3. The predicted octanol–water partition coefficient (Wildman–Crippen LogP) is 8.69. The molecule has 0 aliphatic carbocycles. The zero-order valence-electron chi connectivity index (χ0n) is 27.2. The number of hydrogen-bond donors (Lipinski definition) is 1. The molecular formula is C36H36BrF3N2O4Si. The number of alkyl halides is 3. The Morgan fingerprint density at radius 3 is 2.28 bits per heavy atom. The van der Waals surface area contributed by atoms with Gasteiger partial charge < -0.3 is 19.4 Å². The number of nitrogens with one attached hydrogen (secondary N) is 1. The van der Waals surface area contributed by atoms with E-state index in [-0.39, 0.29) is 17.5 Å². The van der Waals surface area contributed by atoms with E-state index in [2.05, 4.69) is 32.4 Å². The maximum atomic E-state index is 14.8. The second-order valence-electron chi connectivity index (χ2n) is 13.6. The summed E-state index contributed by atoms with van der Waals surface area (Å²) in [7, 11) is -0.813. The molecule has 0 bridgehead atoms. The Balaban J connectivity index is 1.73. The lowest BCUT2D eigenvalue weighted by molar-refractivity contribution is -0.153. The molecule has 0 radical (unpaired) electrons. The van der Waals surface area contributed by atoms with Crippen molar-refractivity contribution in [2.75, 3.05) is 7.11 Å². The van der Waals surface area contributed by atoms with Crippen molar-refractivity contribution in [1.29, 1.82) is 0 Å². The largest absolute Gasteiger partial charge is 0.488 e. The fraction of sp³-hybridized carbons (Fsp3) is 0.333. The summed E-state index contributed by atoms with van der Waals surface area (Å²) in [6.07, 6.45) is -4.63. The number of esters is 1. The number of carbonyl (C=O) groups excluding carboxylic acids is 2. The number of aromatic nitrogens is 1. The summed E-state index contributed by atoms with van der Waals surface area (Å²) >= 11 is 3.50. The van der Waals surface area contributed by atoms with Crippen LogP contribution in [0.25, 0.3) is 22.0 Å². The zero-order valence-corrected chi connectivity index (χ0v) is 29.8. The number of rotatable bonds is 4. The van der Waals surface area contributed by atoms with Crippen molar-refractivity contribution in [2.45, 2.75) is 70.7 Å². The lowest BCUT2D eigenvalue weighted by Crippen LogP contribution is -2.51. The topological polar surface area (TPSA) is 71.6 Å². The quantitative estimate of drug-likeness (QED) is 0.130. The Morgan fingerprint density at radius 1 is 1.00 bits per heavy atom. The van der Waals surface area contributed by atoms with Crippen LogP contribution in [0.1, 0.15) is 49.2 Å². The molecule has 47 heavy (non-hydrogen) atoms. The first-order chi connectivity index (χ1) is 21.9. The standard InChI is InChI=1S/C36H36BrF3N2O4Si/c1-35(2,3)46-24-12-8-21(9-13-24)25-14-10-22(18-28(25)36(38,39)40)33-32-27(26-19-23(37)11-15-29(26)41-32)20-30(34(44)45-4)42(33)31(43)16-17-47(5,6)7/h8-15,18-19,30,33,41H,20H2,1-7H3. The van der Waals surface area contributed by atoms with E-state index in [9.17, 15) is 22.8 Å². The number of halogens is 4. The first-order valence-corrected chi connectivity index (χ1v) is 19.4. The number of ether oxygens (including phenoxy) is 2. The lowest BCUT2D eigenvalue weighted by Gasteiger charge is -2.40. The second kappa shape index (κ2) is 12.5. The molecule has 1 aliphatic rings. The van der Waals surface area contributed by atoms with Gasteiger partial charge in [0.25, 0.3) is 5.91 Å². The Labute approximate surface area is 281 Å². The van der Waals surface area contributed by atoms with Gasteiger partial charge in [-0.25, -0.2) is 4.79 Å². The smallest absolute Gasteiger partial charge is 0.417 e. The highest BCUT2D eigenvalue weighted by molar-refractivity contribution is 9.10. The molecule has 3 aromatic carbocycles. The number of H-pyrrole nitrogens is 1. The maximum absolute atomic E-state index is 14.8. The Kier molecular flexibility index (Phi) is 9.16. The van der Waals surface area contributed by atoms with Gasteiger partial charge in [-0.3, -0.25) is 4.79 Å². The Morgan fingerprint density at radius 2 is 1.68 bits per heavy atom. The molecule has 0 saturated carbocycles. The molecule has 2 unspecified atom stereocenters. The summed E-state index contributed by atoms with van der Waals surface area (Å²) in [4.78, 5) is 31.9. The van der Waals surface area contributed by atoms with E-state index in [1.165, 1.54) is 18.1 Å². The number of hydrogen-bond acceptors (Lipinski definition) is 4. The normalized spacial score (nSPS) is 16.7. The Bertz CT molecular complexity index is 1910. The van der Waals surface area contributed by atoms with E-state index in [1.807, 2.05) is 58.6 Å². The molecule has 1 aliphatic heterocycles. The molecule has 6 nitrogen and oxygen atoms in total. The van der Waals surface area contributed by atoms with Crippen molar-refractivity contribution in [3.63, 3.8) is 0 Å². The van der Waals surface area contributed by atoms with Gasteiger partial charge in [-0.15, -0.1) is 5.54 Å². The van der Waals surface area contributed by atoms with Gasteiger partial charge >= 0.3 is 12.1 Å². The van der Waals surface area contributed by atoms with Crippen LogP contribution < -0.4 is 4.74 Å². The first kappa shape index (κ1) is 34.3. The summed E-state index contributed by atoms with van der Waals surface area (Å²) in [6, 6.07) is 13.9. The van der Waals surface area contributed by atoms with Crippen molar-refractivity contribution in [2.24, 2.45) is 0 Å². The van der Waals surface area contributed by atoms with E-state index in [4.69, 9.17) is 9.47 Å². The van der Waals surface area contributed by atoms with Crippen molar-refractivity contribution < 1.29 is 32.2 Å². The minimum Gasteiger partial charge on any atom is -0.488 e. The van der Waals surface area contributed by atoms with Gasteiger partial charge in [0.15, 0.2) is 0 Å². The number of benzene rings is 3. The molecule has 1 aromatic heterocycles. The van der Waals surface area contributed by atoms with Crippen LogP contribution in [0.3, 0.4) is 0 Å². The van der Waals surface area contributed by atoms with Crippen LogP contribution in [0, 0.1) is 11.5 Å². The van der Waals surface area contributed by atoms with Gasteiger partial charge in [0.05, 0.1) is 18.7 Å². The van der Waals surface area contributed by atoms with Crippen LogP contribution in [0.5, 0.6) is 5.75 Å². The highest BCUT2D eigenvalue weighted by Gasteiger charge is 2.45. The molecule has 4 aromatic rings. The van der Waals surface area contributed by atoms with Crippen molar-refractivity contribution >= 4 is 46.8 Å². The van der Waals surface area contributed by atoms with Crippen LogP contribution in [0.4, 0.5) is 13.2 Å². The third-order valence-corrected chi connectivity index (χ3v) is 9.06. The van der Waals surface area contributed by atoms with Gasteiger partial charge in [0.2, 0.25) is 0 Å². The third-order valence-electron chi connectivity index (χ3n) is 7.69. The van der Waals surface area contributed by atoms with Gasteiger partial charge in [-0.2, -0.15) is 13.2 Å². The highest BCUT2D eigenvalue weighted by Crippen LogP contribution is 2.45. The van der Waals surface area contributed by atoms with Gasteiger partial charge in [-0.1, -0.05) is 59.8 Å². The summed E-state index contributed by atoms with van der Waals surface area (Å²) in [6.45, 7) is 11.6. The minimum atomic E-state index is -4.73. The van der Waals surface area contributed by atoms with Gasteiger partial charge in [0.1, 0.15) is 25.5 Å². The summed E-state index contributed by atoms with van der Waals surface area (Å²) in [5.41, 5.74) is 4.17. The monoisotopic (exact) mass is 724 g/mol. The number of amides is 1. The molecule has 2 atom stereocenters. The van der Waals surface area contributed by atoms with Crippen molar-refractivity contribution in [1.82, 2.24) is 9.88 Å². The predicted molar refractivity (Wildman–Crippen MR) is 183 cm³/mol. The van der Waals surface area contributed by atoms with Crippen LogP contribution in [0.2, 0.25) is 19.6 Å². The highest BCUT2D eigenvalue weighted by atomic mass is 79.9. The average Bonchev–Trinajstić information content (AvgIpc) is 3.34. The lowest BCUT2D eigenvalue weighted by atomic mass is 9.86. The van der Waals surface area contributed by atoms with E-state index < -0.39 is 49.4 Å². The molecule has 2 heterocycles. The maximum Gasteiger partial charge on any atom is 0.417 e. The molecule has 0 saturated heterocycles. The van der Waals surface area contributed by atoms with Gasteiger partial charge in [0, 0.05) is 27.5 Å². The molecule has 5 rings (SSSR count). The number of aromatic amines is 1. The molecule has 0 spiro atoms. The van der Waals surface area contributed by atoms with Crippen LogP contribution in [-0.2, 0) is 26.9 Å². The van der Waals surface area contributed by atoms with E-state index in [0.29, 0.717) is 17.0 Å². The van der Waals surface area contributed by atoms with Crippen molar-refractivity contribution in [3.8, 4) is 28.3 Å². The fourth-order valence-electron chi connectivity index (χ4n) is 5.80. The summed E-state index contributed by atoms with van der Waals surface area (Å²) < 4.78 is 56.3. The first-order valence-electron chi connectivity index (χ1n) is 15.1. The average molecular weight is 726 g/mol. The fourth-order valence-corrected chi connectivity index (χ4v) is 6.65. The number of methoxy groups -OCH3 is 1. The third kappa shape index (κ3) is 7.44. The van der Waals surface area contributed by atoms with E-state index in [0.717, 1.165) is 27.0 Å². The molecule has 1 amide bonds. The van der Waals surface area contributed by atoms with E-state index in [1.54, 1.807) is 30.3 Å².